The highest BCUT2D eigenvalue weighted by Gasteiger charge is 1.94. The van der Waals surface area contributed by atoms with Crippen LogP contribution in [0.15, 0.2) is 24.3 Å². The average molecular weight is 135 g/mol. The van der Waals surface area contributed by atoms with Crippen molar-refractivity contribution >= 4 is 11.6 Å². The summed E-state index contributed by atoms with van der Waals surface area (Å²) in [6.45, 7) is -1.59. The van der Waals surface area contributed by atoms with Gasteiger partial charge in [-0.3, -0.25) is 0 Å². The first kappa shape index (κ1) is 1.71. The fourth-order valence-corrected chi connectivity index (χ4v) is 0.370. The van der Waals surface area contributed by atoms with E-state index in [1.54, 1.807) is 0 Å². The normalized spacial score (nSPS) is 20.2. The molecule has 2 heteroatoms. The van der Waals surface area contributed by atoms with E-state index in [1.165, 1.54) is 0 Å². The van der Waals surface area contributed by atoms with Crippen LogP contribution in [0.25, 0.3) is 0 Å². The second-order valence-electron chi connectivity index (χ2n) is 1.15. The predicted molar refractivity (Wildman–Crippen MR) is 32.6 cm³/mol. The van der Waals surface area contributed by atoms with Gasteiger partial charge in [-0.05, 0) is 17.6 Å². The van der Waals surface area contributed by atoms with Gasteiger partial charge < -0.3 is 0 Å². The summed E-state index contributed by atoms with van der Waals surface area (Å²) in [6.07, 6.45) is -0.494. The third kappa shape index (κ3) is 0.984. The molecular weight excluding hydrogens is 122 g/mol. The van der Waals surface area contributed by atoms with E-state index in [4.69, 9.17) is 19.8 Å². The van der Waals surface area contributed by atoms with E-state index in [-0.39, 0.29) is 5.15 Å². The summed E-state index contributed by atoms with van der Waals surface area (Å²) in [7, 11) is 0. The molecule has 42 valence electrons. The number of nitrogens with zero attached hydrogens (tertiary/aromatic N) is 1. The fourth-order valence-electron chi connectivity index (χ4n) is 0.280. The molecule has 0 bridgehead atoms. The Morgan fingerprint density at radius 1 is 1.88 bits per heavy atom. The molecule has 0 saturated heterocycles. The lowest BCUT2D eigenvalue weighted by Crippen LogP contribution is -2.27. The highest BCUT2D eigenvalue weighted by Crippen LogP contribution is 1.95. The van der Waals surface area contributed by atoms with Gasteiger partial charge in [0.15, 0.2) is 6.17 Å². The van der Waals surface area contributed by atoms with E-state index in [2.05, 4.69) is 0 Å². The standard InChI is InChI=1S/C6H7ClN/c1-8-5-3-2-4-6(8)7/h2-5H,1H3/q+1/i1D2,2D,3D,4D,5D. The summed E-state index contributed by atoms with van der Waals surface area (Å²) in [6, 6.07) is -1.39. The quantitative estimate of drug-likeness (QED) is 0.371. The van der Waals surface area contributed by atoms with Crippen LogP contribution in [0.3, 0.4) is 0 Å². The van der Waals surface area contributed by atoms with Gasteiger partial charge in [-0.25, -0.2) is 0 Å². The lowest BCUT2D eigenvalue weighted by atomic mass is 10.5. The molecule has 0 N–H and O–H groups in total. The summed E-state index contributed by atoms with van der Waals surface area (Å²) >= 11 is 5.58. The smallest absolute Gasteiger partial charge is 0.191 e. The zero-order valence-corrected chi connectivity index (χ0v) is 4.66. The van der Waals surface area contributed by atoms with Crippen LogP contribution < -0.4 is 4.57 Å². The molecule has 1 aromatic rings. The highest BCUT2D eigenvalue weighted by molar-refractivity contribution is 6.28. The van der Waals surface area contributed by atoms with Crippen molar-refractivity contribution in [2.24, 2.45) is 7.00 Å². The minimum absolute atomic E-state index is 0.328. The maximum Gasteiger partial charge on any atom is 0.274 e. The van der Waals surface area contributed by atoms with Crippen molar-refractivity contribution in [2.75, 3.05) is 0 Å². The summed E-state index contributed by atoms with van der Waals surface area (Å²) in [4.78, 5) is 0. The zero-order valence-electron chi connectivity index (χ0n) is 9.90. The molecule has 0 aliphatic carbocycles. The van der Waals surface area contributed by atoms with Crippen molar-refractivity contribution in [3.63, 3.8) is 0 Å². The van der Waals surface area contributed by atoms with Crippen LogP contribution >= 0.6 is 11.6 Å². The van der Waals surface area contributed by atoms with Gasteiger partial charge in [-0.2, -0.15) is 4.57 Å². The molecular formula is C6H7ClN+. The highest BCUT2D eigenvalue weighted by atomic mass is 35.5. The molecule has 1 aromatic heterocycles. The van der Waals surface area contributed by atoms with Gasteiger partial charge in [0.05, 0.1) is 4.11 Å². The van der Waals surface area contributed by atoms with Crippen molar-refractivity contribution in [1.29, 1.82) is 0 Å². The van der Waals surface area contributed by atoms with Gasteiger partial charge in [0, 0.05) is 12.1 Å². The SMILES string of the molecule is [2H]c1c([2H])c([2H])[n+](C([2H])[2H])c(Cl)c1[2H]. The molecule has 0 radical (unpaired) electrons. The summed E-state index contributed by atoms with van der Waals surface area (Å²) in [5.41, 5.74) is 0. The Hall–Kier alpha value is -0.560. The number of hydrogen-bond donors (Lipinski definition) is 0. The first-order valence-corrected chi connectivity index (χ1v) is 2.27. The first-order chi connectivity index (χ1) is 6.37. The number of halogens is 1. The topological polar surface area (TPSA) is 3.88 Å². The molecule has 0 spiro atoms. The molecule has 0 fully saturated rings. The molecule has 0 amide bonds. The average Bonchev–Trinajstić information content (AvgIpc) is 2.11. The Bertz CT molecular complexity index is 350. The van der Waals surface area contributed by atoms with E-state index in [0.29, 0.717) is 4.57 Å². The Balaban J connectivity index is 3.60. The van der Waals surface area contributed by atoms with E-state index >= 15 is 0 Å². The second-order valence-corrected chi connectivity index (χ2v) is 1.51. The molecule has 1 heterocycles. The van der Waals surface area contributed by atoms with E-state index < -0.39 is 31.3 Å². The minimum atomic E-state index is -1.59. The predicted octanol–water partition coefficient (Wildman–Crippen LogP) is 1.16. The minimum Gasteiger partial charge on any atom is -0.191 e. The Labute approximate surface area is 62.0 Å². The van der Waals surface area contributed by atoms with Gasteiger partial charge in [-0.1, -0.05) is 0 Å². The van der Waals surface area contributed by atoms with Crippen molar-refractivity contribution in [3.8, 4) is 0 Å². The molecule has 0 atom stereocenters. The van der Waals surface area contributed by atoms with Crippen LogP contribution in [0.1, 0.15) is 8.22 Å². The fraction of sp³-hybridized carbons (Fsp3) is 0.167. The van der Waals surface area contributed by atoms with Crippen LogP contribution in [0.2, 0.25) is 5.15 Å². The largest absolute Gasteiger partial charge is 0.274 e. The lowest BCUT2D eigenvalue weighted by molar-refractivity contribution is -0.669. The summed E-state index contributed by atoms with van der Waals surface area (Å²) < 4.78 is 44.0. The monoisotopic (exact) mass is 134 g/mol. The van der Waals surface area contributed by atoms with E-state index in [1.807, 2.05) is 0 Å². The van der Waals surface area contributed by atoms with Crippen LogP contribution in [0.4, 0.5) is 0 Å². The third-order valence-electron chi connectivity index (χ3n) is 0.616. The van der Waals surface area contributed by atoms with E-state index in [0.717, 1.165) is 0 Å². The molecule has 1 nitrogen and oxygen atoms in total. The van der Waals surface area contributed by atoms with Crippen LogP contribution in [-0.2, 0) is 7.00 Å². The van der Waals surface area contributed by atoms with Crippen LogP contribution in [0.5, 0.6) is 0 Å². The number of hydrogen-bond acceptors (Lipinski definition) is 0. The molecule has 0 saturated carbocycles. The van der Waals surface area contributed by atoms with Crippen LogP contribution in [-0.4, -0.2) is 0 Å². The Morgan fingerprint density at radius 2 is 2.75 bits per heavy atom. The van der Waals surface area contributed by atoms with Gasteiger partial charge in [0.2, 0.25) is 0 Å². The molecule has 1 rings (SSSR count). The number of rotatable bonds is 0. The van der Waals surface area contributed by atoms with Gasteiger partial charge >= 0.3 is 0 Å². The molecule has 0 unspecified atom stereocenters. The Morgan fingerprint density at radius 3 is 3.50 bits per heavy atom. The number of aromatic nitrogens is 1. The van der Waals surface area contributed by atoms with E-state index in [9.17, 15) is 0 Å². The maximum atomic E-state index is 7.35. The molecule has 0 aromatic carbocycles. The molecule has 0 aliphatic heterocycles. The van der Waals surface area contributed by atoms with Gasteiger partial charge in [-0.15, -0.1) is 0 Å². The van der Waals surface area contributed by atoms with Gasteiger partial charge in [0.25, 0.3) is 5.15 Å². The Kier molecular flexibility index (Phi) is 0.457. The number of pyridine rings is 1. The van der Waals surface area contributed by atoms with Gasteiger partial charge in [0.1, 0.15) is 11.1 Å². The van der Waals surface area contributed by atoms with Crippen molar-refractivity contribution in [1.82, 2.24) is 0 Å². The van der Waals surface area contributed by atoms with Crippen molar-refractivity contribution in [2.45, 2.75) is 0 Å². The summed E-state index contributed by atoms with van der Waals surface area (Å²) in [5.74, 6) is 0. The first-order valence-electron chi connectivity index (χ1n) is 5.05. The maximum absolute atomic E-state index is 7.35. The van der Waals surface area contributed by atoms with Crippen LogP contribution in [0, 0.1) is 0 Å². The van der Waals surface area contributed by atoms with Crippen molar-refractivity contribution < 1.29 is 12.8 Å². The summed E-state index contributed by atoms with van der Waals surface area (Å²) in [5, 5.41) is -0.328. The second kappa shape index (κ2) is 2.14. The van der Waals surface area contributed by atoms with Crippen molar-refractivity contribution in [3.05, 3.63) is 29.5 Å². The zero-order chi connectivity index (χ0) is 11.0. The molecule has 0 aliphatic rings. The third-order valence-corrected chi connectivity index (χ3v) is 0.893. The molecule has 8 heavy (non-hydrogen) atoms. The lowest BCUT2D eigenvalue weighted by Gasteiger charge is -1.84.